The van der Waals surface area contributed by atoms with Gasteiger partial charge in [-0.3, -0.25) is 0 Å². The quantitative estimate of drug-likeness (QED) is 0.426. The molecular formula is C21H21NO4. The van der Waals surface area contributed by atoms with Crippen LogP contribution in [-0.2, 0) is 16.1 Å². The average Bonchev–Trinajstić information content (AvgIpc) is 2.64. The molecule has 2 aromatic carbocycles. The maximum absolute atomic E-state index is 11.9. The van der Waals surface area contributed by atoms with E-state index in [4.69, 9.17) is 14.2 Å². The highest BCUT2D eigenvalue weighted by atomic mass is 16.5. The van der Waals surface area contributed by atoms with Gasteiger partial charge in [-0.25, -0.2) is 4.79 Å². The number of esters is 1. The smallest absolute Gasteiger partial charge is 0.349 e. The Morgan fingerprint density at radius 1 is 1.15 bits per heavy atom. The second-order valence-electron chi connectivity index (χ2n) is 5.81. The van der Waals surface area contributed by atoms with Gasteiger partial charge in [0.05, 0.1) is 13.2 Å². The molecule has 0 aliphatic heterocycles. The first-order valence-corrected chi connectivity index (χ1v) is 8.21. The standard InChI is InChI=1S/C21H21NO4/c1-15(2)26-21(23)18(13-22)11-17-9-10-19(20(12-17)24-3)25-14-16-7-5-4-6-8-16/h4-12,15H,14H2,1-3H3/b18-11+. The summed E-state index contributed by atoms with van der Waals surface area (Å²) in [6, 6.07) is 16.9. The fourth-order valence-electron chi connectivity index (χ4n) is 2.21. The number of ether oxygens (including phenoxy) is 3. The van der Waals surface area contributed by atoms with Gasteiger partial charge in [-0.05, 0) is 43.2 Å². The van der Waals surface area contributed by atoms with Gasteiger partial charge in [-0.2, -0.15) is 5.26 Å². The van der Waals surface area contributed by atoms with E-state index in [1.807, 2.05) is 36.4 Å². The maximum atomic E-state index is 11.9. The second kappa shape index (κ2) is 9.28. The van der Waals surface area contributed by atoms with Crippen LogP contribution in [0.5, 0.6) is 11.5 Å². The minimum Gasteiger partial charge on any atom is -0.493 e. The minimum absolute atomic E-state index is 0.0706. The normalized spacial score (nSPS) is 11.0. The first-order chi connectivity index (χ1) is 12.5. The van der Waals surface area contributed by atoms with E-state index in [0.29, 0.717) is 23.7 Å². The van der Waals surface area contributed by atoms with Crippen LogP contribution in [0, 0.1) is 11.3 Å². The highest BCUT2D eigenvalue weighted by Gasteiger charge is 2.13. The molecule has 0 amide bonds. The highest BCUT2D eigenvalue weighted by Crippen LogP contribution is 2.29. The van der Waals surface area contributed by atoms with Gasteiger partial charge in [0.25, 0.3) is 0 Å². The van der Waals surface area contributed by atoms with Gasteiger partial charge in [-0.1, -0.05) is 36.4 Å². The van der Waals surface area contributed by atoms with Crippen molar-refractivity contribution >= 4 is 12.0 Å². The summed E-state index contributed by atoms with van der Waals surface area (Å²) in [6.07, 6.45) is 1.18. The summed E-state index contributed by atoms with van der Waals surface area (Å²) in [6.45, 7) is 3.88. The predicted molar refractivity (Wildman–Crippen MR) is 98.6 cm³/mol. The lowest BCUT2D eigenvalue weighted by atomic mass is 10.1. The van der Waals surface area contributed by atoms with Crippen molar-refractivity contribution in [2.24, 2.45) is 0 Å². The lowest BCUT2D eigenvalue weighted by molar-refractivity contribution is -0.142. The Morgan fingerprint density at radius 3 is 2.50 bits per heavy atom. The number of hydrogen-bond acceptors (Lipinski definition) is 5. The van der Waals surface area contributed by atoms with E-state index in [1.165, 1.54) is 13.2 Å². The Labute approximate surface area is 153 Å². The van der Waals surface area contributed by atoms with Crippen LogP contribution in [0.25, 0.3) is 6.08 Å². The zero-order valence-electron chi connectivity index (χ0n) is 15.1. The summed E-state index contributed by atoms with van der Waals surface area (Å²) in [5.41, 5.74) is 1.62. The van der Waals surface area contributed by atoms with Crippen LogP contribution in [-0.4, -0.2) is 19.2 Å². The first-order valence-electron chi connectivity index (χ1n) is 8.21. The van der Waals surface area contributed by atoms with Crippen molar-refractivity contribution in [3.8, 4) is 17.6 Å². The maximum Gasteiger partial charge on any atom is 0.349 e. The number of methoxy groups -OCH3 is 1. The van der Waals surface area contributed by atoms with Gasteiger partial charge in [0.1, 0.15) is 18.2 Å². The number of nitriles is 1. The van der Waals surface area contributed by atoms with Crippen molar-refractivity contribution in [3.63, 3.8) is 0 Å². The van der Waals surface area contributed by atoms with E-state index in [9.17, 15) is 10.1 Å². The van der Waals surface area contributed by atoms with Gasteiger partial charge in [0.15, 0.2) is 11.5 Å². The van der Waals surface area contributed by atoms with E-state index in [2.05, 4.69) is 0 Å². The molecule has 0 saturated carbocycles. The molecule has 2 aromatic rings. The molecule has 0 radical (unpaired) electrons. The summed E-state index contributed by atoms with van der Waals surface area (Å²) < 4.78 is 16.2. The highest BCUT2D eigenvalue weighted by molar-refractivity contribution is 5.98. The van der Waals surface area contributed by atoms with Gasteiger partial charge in [0, 0.05) is 0 Å². The molecule has 5 nitrogen and oxygen atoms in total. The molecule has 0 heterocycles. The summed E-state index contributed by atoms with van der Waals surface area (Å²) in [5, 5.41) is 9.19. The molecule has 0 aliphatic rings. The molecule has 0 saturated heterocycles. The molecule has 0 bridgehead atoms. The zero-order valence-corrected chi connectivity index (χ0v) is 15.1. The Bertz CT molecular complexity index is 820. The third-order valence-electron chi connectivity index (χ3n) is 3.42. The second-order valence-corrected chi connectivity index (χ2v) is 5.81. The number of hydrogen-bond donors (Lipinski definition) is 0. The first kappa shape index (κ1) is 19.1. The van der Waals surface area contributed by atoms with Crippen molar-refractivity contribution in [1.29, 1.82) is 5.26 Å². The molecule has 2 rings (SSSR count). The monoisotopic (exact) mass is 351 g/mol. The fraction of sp³-hybridized carbons (Fsp3) is 0.238. The number of carbonyl (C=O) groups excluding carboxylic acids is 1. The molecule has 0 aromatic heterocycles. The van der Waals surface area contributed by atoms with Crippen LogP contribution >= 0.6 is 0 Å². The summed E-state index contributed by atoms with van der Waals surface area (Å²) >= 11 is 0. The molecule has 0 atom stereocenters. The van der Waals surface area contributed by atoms with Crippen LogP contribution in [0.1, 0.15) is 25.0 Å². The average molecular weight is 351 g/mol. The molecule has 134 valence electrons. The van der Waals surface area contributed by atoms with Crippen molar-refractivity contribution in [2.45, 2.75) is 26.6 Å². The van der Waals surface area contributed by atoms with Crippen molar-refractivity contribution < 1.29 is 19.0 Å². The lowest BCUT2D eigenvalue weighted by Crippen LogP contribution is -2.12. The van der Waals surface area contributed by atoms with E-state index < -0.39 is 5.97 Å². The Morgan fingerprint density at radius 2 is 1.88 bits per heavy atom. The third kappa shape index (κ3) is 5.38. The molecule has 0 N–H and O–H groups in total. The Balaban J connectivity index is 2.18. The van der Waals surface area contributed by atoms with Crippen LogP contribution < -0.4 is 9.47 Å². The predicted octanol–water partition coefficient (Wildman–Crippen LogP) is 4.13. The Kier molecular flexibility index (Phi) is 6.81. The van der Waals surface area contributed by atoms with Crippen molar-refractivity contribution in [1.82, 2.24) is 0 Å². The van der Waals surface area contributed by atoms with E-state index in [-0.39, 0.29) is 11.7 Å². The van der Waals surface area contributed by atoms with Crippen LogP contribution in [0.3, 0.4) is 0 Å². The van der Waals surface area contributed by atoms with Crippen LogP contribution in [0.15, 0.2) is 54.1 Å². The largest absolute Gasteiger partial charge is 0.493 e. The van der Waals surface area contributed by atoms with E-state index in [1.54, 1.807) is 32.0 Å². The Hall–Kier alpha value is -3.26. The number of rotatable bonds is 7. The van der Waals surface area contributed by atoms with Crippen molar-refractivity contribution in [2.75, 3.05) is 7.11 Å². The number of carbonyl (C=O) groups is 1. The molecule has 0 fully saturated rings. The van der Waals surface area contributed by atoms with Gasteiger partial charge in [-0.15, -0.1) is 0 Å². The van der Waals surface area contributed by atoms with Crippen molar-refractivity contribution in [3.05, 3.63) is 65.2 Å². The molecule has 0 spiro atoms. The number of nitrogens with zero attached hydrogens (tertiary/aromatic N) is 1. The minimum atomic E-state index is -0.647. The third-order valence-corrected chi connectivity index (χ3v) is 3.42. The van der Waals surface area contributed by atoms with Gasteiger partial charge in [0.2, 0.25) is 0 Å². The molecule has 5 heteroatoms. The SMILES string of the molecule is COc1cc(/C=C(\C#N)C(=O)OC(C)C)ccc1OCc1ccccc1. The zero-order chi connectivity index (χ0) is 18.9. The topological polar surface area (TPSA) is 68.5 Å². The van der Waals surface area contributed by atoms with Crippen LogP contribution in [0.2, 0.25) is 0 Å². The molecular weight excluding hydrogens is 330 g/mol. The van der Waals surface area contributed by atoms with Gasteiger partial charge >= 0.3 is 5.97 Å². The number of benzene rings is 2. The van der Waals surface area contributed by atoms with Crippen LogP contribution in [0.4, 0.5) is 0 Å². The lowest BCUT2D eigenvalue weighted by Gasteiger charge is -2.12. The molecule has 26 heavy (non-hydrogen) atoms. The van der Waals surface area contributed by atoms with Gasteiger partial charge < -0.3 is 14.2 Å². The summed E-state index contributed by atoms with van der Waals surface area (Å²) in [5.74, 6) is 0.451. The molecule has 0 aliphatic carbocycles. The fourth-order valence-corrected chi connectivity index (χ4v) is 2.21. The van der Waals surface area contributed by atoms with E-state index in [0.717, 1.165) is 5.56 Å². The summed E-state index contributed by atoms with van der Waals surface area (Å²) in [4.78, 5) is 11.9. The molecule has 0 unspecified atom stereocenters. The summed E-state index contributed by atoms with van der Waals surface area (Å²) in [7, 11) is 1.54. The van der Waals surface area contributed by atoms with E-state index >= 15 is 0 Å².